The summed E-state index contributed by atoms with van der Waals surface area (Å²) in [4.78, 5) is 35.5. The zero-order valence-corrected chi connectivity index (χ0v) is 39.1. The molecule has 1 aromatic heterocycles. The average molecular weight is 863 g/mol. The zero-order chi connectivity index (χ0) is 44.5. The highest BCUT2D eigenvalue weighted by molar-refractivity contribution is 7.47. The molecule has 0 saturated heterocycles. The van der Waals surface area contributed by atoms with Gasteiger partial charge in [-0.15, -0.1) is 0 Å². The summed E-state index contributed by atoms with van der Waals surface area (Å²) < 4.78 is 40.4. The number of nitrogens with zero attached hydrogens (tertiary/aromatic N) is 1. The number of likely N-dealkylation sites (N-methyl/N-ethyl adjacent to an activating group) is 1. The van der Waals surface area contributed by atoms with Gasteiger partial charge in [-0.25, -0.2) is 4.57 Å². The van der Waals surface area contributed by atoms with Gasteiger partial charge in [0.2, 0.25) is 0 Å². The fourth-order valence-corrected chi connectivity index (χ4v) is 6.78. The lowest BCUT2D eigenvalue weighted by molar-refractivity contribution is -0.870. The van der Waals surface area contributed by atoms with Crippen molar-refractivity contribution >= 4 is 19.8 Å². The van der Waals surface area contributed by atoms with Crippen LogP contribution in [0.5, 0.6) is 0 Å². The van der Waals surface area contributed by atoms with Crippen LogP contribution < -0.4 is 0 Å². The predicted molar refractivity (Wildman–Crippen MR) is 243 cm³/mol. The minimum atomic E-state index is -4.45. The van der Waals surface area contributed by atoms with Crippen molar-refractivity contribution in [3.05, 3.63) is 83.4 Å². The van der Waals surface area contributed by atoms with Gasteiger partial charge in [0, 0.05) is 25.7 Å². The first-order valence-electron chi connectivity index (χ1n) is 22.5. The third-order valence-electron chi connectivity index (χ3n) is 9.87. The first-order chi connectivity index (χ1) is 28.7. The van der Waals surface area contributed by atoms with E-state index >= 15 is 0 Å². The number of ether oxygens (including phenoxy) is 2. The van der Waals surface area contributed by atoms with Crippen molar-refractivity contribution in [3.8, 4) is 0 Å². The van der Waals surface area contributed by atoms with E-state index < -0.39 is 38.6 Å². The lowest BCUT2D eigenvalue weighted by Crippen LogP contribution is -2.37. The second-order valence-electron chi connectivity index (χ2n) is 16.5. The molecule has 0 aliphatic rings. The molecular weight excluding hydrogens is 781 g/mol. The standard InChI is InChI=1S/C48H80NO10P/c1-8-10-12-13-14-15-16-17-18-19-20-23-27-31-43(50)32-30-36-48(52)58-44(40-57-60(53,54)56-38-37-49(5,6)7)39-55-47(51)35-29-25-22-21-24-28-34-46-42(4)41(3)45(59-46)33-26-11-9-2/h10,12,14-15,17-18,20,23,27,31,43-44,50H,8-9,11,13,16,19,21-22,24-26,28-30,32-40H2,1-7H3/p+1/b12-10-,15-14-,18-17-,23-20-,31-27+/t43?,44-/m1/s1. The molecule has 0 spiro atoms. The maximum Gasteiger partial charge on any atom is 0.472 e. The smallest absolute Gasteiger partial charge is 0.466 e. The van der Waals surface area contributed by atoms with Gasteiger partial charge in [0.15, 0.2) is 6.10 Å². The van der Waals surface area contributed by atoms with E-state index in [-0.39, 0.29) is 26.1 Å². The van der Waals surface area contributed by atoms with Crippen LogP contribution in [0.4, 0.5) is 0 Å². The number of phosphoric acid groups is 1. The summed E-state index contributed by atoms with van der Waals surface area (Å²) in [6, 6.07) is 0. The molecule has 3 atom stereocenters. The van der Waals surface area contributed by atoms with Crippen LogP contribution in [-0.4, -0.2) is 86.1 Å². The Morgan fingerprint density at radius 2 is 1.28 bits per heavy atom. The quantitative estimate of drug-likeness (QED) is 0.0167. The van der Waals surface area contributed by atoms with Crippen LogP contribution in [0.3, 0.4) is 0 Å². The first-order valence-corrected chi connectivity index (χ1v) is 24.0. The second-order valence-corrected chi connectivity index (χ2v) is 17.9. The molecule has 0 aromatic carbocycles. The van der Waals surface area contributed by atoms with Gasteiger partial charge < -0.3 is 28.4 Å². The maximum atomic E-state index is 12.7. The molecule has 1 rings (SSSR count). The van der Waals surface area contributed by atoms with E-state index in [1.54, 1.807) is 12.2 Å². The van der Waals surface area contributed by atoms with Gasteiger partial charge in [-0.05, 0) is 82.8 Å². The Kier molecular flexibility index (Phi) is 30.7. The van der Waals surface area contributed by atoms with Gasteiger partial charge >= 0.3 is 19.8 Å². The summed E-state index contributed by atoms with van der Waals surface area (Å²) in [7, 11) is 1.32. The van der Waals surface area contributed by atoms with E-state index in [2.05, 4.69) is 64.2 Å². The Hall–Kier alpha value is -3.05. The summed E-state index contributed by atoms with van der Waals surface area (Å²) >= 11 is 0. The molecule has 2 N–H and O–H groups in total. The van der Waals surface area contributed by atoms with E-state index in [9.17, 15) is 24.2 Å². The molecule has 60 heavy (non-hydrogen) atoms. The van der Waals surface area contributed by atoms with Gasteiger partial charge in [-0.2, -0.15) is 0 Å². The molecule has 0 amide bonds. The Morgan fingerprint density at radius 1 is 0.717 bits per heavy atom. The first kappa shape index (κ1) is 55.0. The molecular formula is C48H81NO10P+. The lowest BCUT2D eigenvalue weighted by atomic mass is 10.0. The normalized spacial score (nSPS) is 14.6. The fraction of sp³-hybridized carbons (Fsp3) is 0.667. The highest BCUT2D eigenvalue weighted by Crippen LogP contribution is 2.43. The van der Waals surface area contributed by atoms with E-state index in [0.717, 1.165) is 82.1 Å². The summed E-state index contributed by atoms with van der Waals surface area (Å²) in [5, 5.41) is 10.3. The Balaban J connectivity index is 2.47. The van der Waals surface area contributed by atoms with Crippen LogP contribution >= 0.6 is 7.82 Å². The number of carbonyl (C=O) groups is 2. The molecule has 0 aliphatic heterocycles. The molecule has 2 unspecified atom stereocenters. The molecule has 1 heterocycles. The number of aryl methyl sites for hydroxylation is 2. The summed E-state index contributed by atoms with van der Waals surface area (Å²) in [6.07, 6.45) is 34.3. The predicted octanol–water partition coefficient (Wildman–Crippen LogP) is 11.1. The third-order valence-corrected chi connectivity index (χ3v) is 10.9. The number of carbonyl (C=O) groups excluding carboxylic acids is 2. The number of aliphatic hydroxyl groups excluding tert-OH is 1. The number of furan rings is 1. The number of unbranched alkanes of at least 4 members (excludes halogenated alkanes) is 7. The fourth-order valence-electron chi connectivity index (χ4n) is 6.04. The van der Waals surface area contributed by atoms with Crippen molar-refractivity contribution in [3.63, 3.8) is 0 Å². The van der Waals surface area contributed by atoms with Gasteiger partial charge in [0.25, 0.3) is 0 Å². The molecule has 342 valence electrons. The molecule has 12 heteroatoms. The van der Waals surface area contributed by atoms with E-state index in [1.807, 2.05) is 33.3 Å². The molecule has 0 saturated carbocycles. The van der Waals surface area contributed by atoms with E-state index in [0.29, 0.717) is 30.3 Å². The minimum Gasteiger partial charge on any atom is -0.466 e. The highest BCUT2D eigenvalue weighted by atomic mass is 31.2. The van der Waals surface area contributed by atoms with Crippen LogP contribution in [0.2, 0.25) is 0 Å². The summed E-state index contributed by atoms with van der Waals surface area (Å²) in [5.41, 5.74) is 2.59. The summed E-state index contributed by atoms with van der Waals surface area (Å²) in [6.45, 7) is 8.30. The molecule has 1 aromatic rings. The molecule has 11 nitrogen and oxygen atoms in total. The van der Waals surface area contributed by atoms with Crippen molar-refractivity contribution < 1.29 is 51.6 Å². The zero-order valence-electron chi connectivity index (χ0n) is 38.2. The molecule has 0 aliphatic carbocycles. The van der Waals surface area contributed by atoms with Crippen molar-refractivity contribution in [2.75, 3.05) is 47.5 Å². The van der Waals surface area contributed by atoms with Gasteiger partial charge in [-0.1, -0.05) is 113 Å². The van der Waals surface area contributed by atoms with Gasteiger partial charge in [0.05, 0.1) is 33.9 Å². The lowest BCUT2D eigenvalue weighted by Gasteiger charge is -2.24. The highest BCUT2D eigenvalue weighted by Gasteiger charge is 2.27. The number of phosphoric ester groups is 1. The number of hydrogen-bond acceptors (Lipinski definition) is 9. The van der Waals surface area contributed by atoms with Crippen LogP contribution in [0.25, 0.3) is 0 Å². The summed E-state index contributed by atoms with van der Waals surface area (Å²) in [5.74, 6) is 1.22. The topological polar surface area (TPSA) is 142 Å². The molecule has 0 fully saturated rings. The second kappa shape index (κ2) is 33.6. The van der Waals surface area contributed by atoms with Gasteiger partial charge in [0.1, 0.15) is 31.3 Å². The maximum absolute atomic E-state index is 12.7. The molecule has 0 radical (unpaired) electrons. The number of allylic oxidation sites excluding steroid dienone is 9. The van der Waals surface area contributed by atoms with Crippen LogP contribution in [0.15, 0.2) is 65.2 Å². The van der Waals surface area contributed by atoms with Crippen LogP contribution in [0, 0.1) is 13.8 Å². The number of hydrogen-bond donors (Lipinski definition) is 2. The Bertz CT molecular complexity index is 1500. The number of esters is 2. The average Bonchev–Trinajstić information content (AvgIpc) is 3.45. The Morgan fingerprint density at radius 3 is 1.90 bits per heavy atom. The minimum absolute atomic E-state index is 0.00303. The van der Waals surface area contributed by atoms with Crippen LogP contribution in [-0.2, 0) is 45.5 Å². The van der Waals surface area contributed by atoms with E-state index in [1.165, 1.54) is 30.4 Å². The number of rotatable bonds is 36. The van der Waals surface area contributed by atoms with Gasteiger partial charge in [-0.3, -0.25) is 18.6 Å². The Labute approximate surface area is 363 Å². The molecule has 0 bridgehead atoms. The number of aliphatic hydroxyl groups is 1. The van der Waals surface area contributed by atoms with Crippen molar-refractivity contribution in [1.29, 1.82) is 0 Å². The van der Waals surface area contributed by atoms with E-state index in [4.69, 9.17) is 22.9 Å². The van der Waals surface area contributed by atoms with Crippen molar-refractivity contribution in [2.45, 2.75) is 162 Å². The van der Waals surface area contributed by atoms with Crippen LogP contribution in [0.1, 0.15) is 146 Å². The monoisotopic (exact) mass is 863 g/mol. The van der Waals surface area contributed by atoms with Crippen molar-refractivity contribution in [2.24, 2.45) is 0 Å². The SMILES string of the molecule is CC/C=C\C/C=C\C/C=C\C/C=C\C=C\C(O)CCCC(=O)O[C@H](COC(=O)CCCCCCCCc1oc(CCCCC)c(C)c1C)COP(=O)(O)OCC[N+](C)(C)C. The third kappa shape index (κ3) is 30.1. The van der Waals surface area contributed by atoms with Crippen molar-refractivity contribution in [1.82, 2.24) is 0 Å². The largest absolute Gasteiger partial charge is 0.472 e. The number of quaternary nitrogens is 1.